The Morgan fingerprint density at radius 3 is 1.29 bits per heavy atom. The lowest BCUT2D eigenvalue weighted by molar-refractivity contribution is -0.216. The molecule has 2 aliphatic carbocycles. The molecule has 2 saturated carbocycles. The summed E-state index contributed by atoms with van der Waals surface area (Å²) in [7, 11) is -3.15. The molecule has 0 radical (unpaired) electrons. The Balaban J connectivity index is 0.852. The van der Waals surface area contributed by atoms with Crippen LogP contribution in [0.4, 0.5) is 49.4 Å². The number of nitrogens with zero attached hydrogens (tertiary/aromatic N) is 8. The van der Waals surface area contributed by atoms with Gasteiger partial charge in [-0.25, -0.2) is 4.57 Å². The van der Waals surface area contributed by atoms with E-state index in [0.29, 0.717) is 62.7 Å². The number of halogens is 6. The van der Waals surface area contributed by atoms with E-state index in [1.165, 1.54) is 36.7 Å². The first-order valence-corrected chi connectivity index (χ1v) is 23.3. The van der Waals surface area contributed by atoms with E-state index in [9.17, 15) is 51.0 Å². The molecule has 0 atom stereocenters. The molecule has 24 heteroatoms. The van der Waals surface area contributed by atoms with Crippen molar-refractivity contribution in [1.82, 2.24) is 29.4 Å². The number of hydrogen-bond donors (Lipinski definition) is 4. The zero-order valence-electron chi connectivity index (χ0n) is 36.5. The van der Waals surface area contributed by atoms with E-state index in [1.54, 1.807) is 33.6 Å². The van der Waals surface area contributed by atoms with Crippen molar-refractivity contribution in [3.63, 3.8) is 0 Å². The van der Waals surface area contributed by atoms with E-state index >= 15 is 0 Å². The van der Waals surface area contributed by atoms with Crippen LogP contribution in [0.25, 0.3) is 0 Å². The largest absolute Gasteiger partial charge is 0.418 e. The molecule has 4 fully saturated rings. The quantitative estimate of drug-likeness (QED) is 0.0623. The SMILES string of the molecule is N#CCC1(n2cc(C(N)=O)c(Nc3ccc(O[PH](=O)Oc4ccc(Nc5nn(C6(CC#N)CCC(N7CC(C(F)(F)F)C7)CC6)cc5C(N)=O)cc4)cc3)n2)CCC(N2CC(C(F)(F)F)C2)CC1. The second-order valence-corrected chi connectivity index (χ2v) is 19.0. The van der Waals surface area contributed by atoms with Gasteiger partial charge in [0.2, 0.25) is 0 Å². The van der Waals surface area contributed by atoms with Crippen molar-refractivity contribution in [3.8, 4) is 23.6 Å². The van der Waals surface area contributed by atoms with Crippen molar-refractivity contribution in [2.24, 2.45) is 23.3 Å². The number of aromatic nitrogens is 4. The maximum Gasteiger partial charge on any atom is 0.418 e. The van der Waals surface area contributed by atoms with Crippen LogP contribution in [0.1, 0.15) is 84.9 Å². The van der Waals surface area contributed by atoms with Crippen molar-refractivity contribution in [2.45, 2.75) is 99.7 Å². The predicted molar refractivity (Wildman–Crippen MR) is 234 cm³/mol. The van der Waals surface area contributed by atoms with Gasteiger partial charge in [0, 0.05) is 62.0 Å². The molecular formula is C44H49F6N12O5P. The lowest BCUT2D eigenvalue weighted by Crippen LogP contribution is -2.58. The highest BCUT2D eigenvalue weighted by Gasteiger charge is 2.52. The number of alkyl halides is 6. The molecule has 68 heavy (non-hydrogen) atoms. The average molecular weight is 971 g/mol. The molecule has 6 N–H and O–H groups in total. The van der Waals surface area contributed by atoms with Gasteiger partial charge in [-0.05, 0) is 99.9 Å². The van der Waals surface area contributed by atoms with Crippen LogP contribution in [0.3, 0.4) is 0 Å². The van der Waals surface area contributed by atoms with Crippen LogP contribution in [0.2, 0.25) is 0 Å². The first kappa shape index (κ1) is 48.2. The third-order valence-electron chi connectivity index (χ3n) is 13.9. The summed E-state index contributed by atoms with van der Waals surface area (Å²) in [5, 5.41) is 34.9. The van der Waals surface area contributed by atoms with Crippen LogP contribution in [0.15, 0.2) is 60.9 Å². The highest BCUT2D eigenvalue weighted by Crippen LogP contribution is 2.45. The lowest BCUT2D eigenvalue weighted by atomic mass is 9.76. The van der Waals surface area contributed by atoms with Crippen LogP contribution < -0.4 is 31.1 Å². The molecule has 2 aromatic carbocycles. The number of carbonyl (C=O) groups excluding carboxylic acids is 2. The smallest absolute Gasteiger partial charge is 0.418 e. The summed E-state index contributed by atoms with van der Waals surface area (Å²) in [5.41, 5.74) is 10.9. The van der Waals surface area contributed by atoms with Gasteiger partial charge in [0.05, 0.1) is 47.9 Å². The van der Waals surface area contributed by atoms with Crippen LogP contribution in [-0.2, 0) is 15.6 Å². The van der Waals surface area contributed by atoms with Crippen molar-refractivity contribution in [3.05, 3.63) is 72.1 Å². The van der Waals surface area contributed by atoms with Gasteiger partial charge in [0.15, 0.2) is 11.6 Å². The van der Waals surface area contributed by atoms with E-state index in [0.717, 1.165) is 0 Å². The summed E-state index contributed by atoms with van der Waals surface area (Å²) in [6.45, 7) is -0.157. The van der Waals surface area contributed by atoms with Gasteiger partial charge in [0.25, 0.3) is 11.8 Å². The van der Waals surface area contributed by atoms with E-state index in [4.69, 9.17) is 20.5 Å². The van der Waals surface area contributed by atoms with E-state index in [2.05, 4.69) is 33.0 Å². The fourth-order valence-electron chi connectivity index (χ4n) is 9.79. The monoisotopic (exact) mass is 970 g/mol. The molecule has 4 aromatic rings. The van der Waals surface area contributed by atoms with Gasteiger partial charge in [-0.1, -0.05) is 0 Å². The molecule has 4 aliphatic rings. The number of likely N-dealkylation sites (tertiary alicyclic amines) is 2. The second kappa shape index (κ2) is 19.0. The Morgan fingerprint density at radius 2 is 1.00 bits per heavy atom. The Bertz CT molecular complexity index is 2400. The van der Waals surface area contributed by atoms with Crippen molar-refractivity contribution in [1.29, 1.82) is 10.5 Å². The average Bonchev–Trinajstić information content (AvgIpc) is 3.88. The molecule has 2 aromatic heterocycles. The number of nitrogens with one attached hydrogen (secondary N) is 2. The molecule has 8 rings (SSSR count). The van der Waals surface area contributed by atoms with Crippen LogP contribution in [0, 0.1) is 34.5 Å². The summed E-state index contributed by atoms with van der Waals surface area (Å²) < 4.78 is 106. The van der Waals surface area contributed by atoms with Gasteiger partial charge in [-0.2, -0.15) is 47.1 Å². The van der Waals surface area contributed by atoms with Crippen LogP contribution in [0.5, 0.6) is 11.5 Å². The highest BCUT2D eigenvalue weighted by molar-refractivity contribution is 7.34. The van der Waals surface area contributed by atoms with Crippen molar-refractivity contribution >= 4 is 43.1 Å². The number of nitriles is 2. The molecular weight excluding hydrogens is 922 g/mol. The third-order valence-corrected chi connectivity index (χ3v) is 14.7. The van der Waals surface area contributed by atoms with E-state index in [-0.39, 0.29) is 85.4 Å². The zero-order valence-corrected chi connectivity index (χ0v) is 37.5. The molecule has 0 bridgehead atoms. The summed E-state index contributed by atoms with van der Waals surface area (Å²) in [4.78, 5) is 28.7. The Hall–Kier alpha value is -6.29. The Labute approximate surface area is 387 Å². The molecule has 362 valence electrons. The molecule has 0 spiro atoms. The number of rotatable bonds is 16. The minimum absolute atomic E-state index is 0.0393. The Morgan fingerprint density at radius 1 is 0.662 bits per heavy atom. The topological polar surface area (TPSA) is 235 Å². The molecule has 17 nitrogen and oxygen atoms in total. The summed E-state index contributed by atoms with van der Waals surface area (Å²) in [6, 6.07) is 16.7. The molecule has 2 aliphatic heterocycles. The minimum Gasteiger partial charge on any atom is -0.418 e. The maximum atomic E-state index is 13.1. The molecule has 4 heterocycles. The van der Waals surface area contributed by atoms with Crippen LogP contribution in [-0.4, -0.2) is 91.8 Å². The van der Waals surface area contributed by atoms with E-state index in [1.807, 2.05) is 9.80 Å². The number of hydrogen-bond acceptors (Lipinski definition) is 13. The normalized spacial score (nSPS) is 24.4. The predicted octanol–water partition coefficient (Wildman–Crippen LogP) is 7.70. The number of benzene rings is 2. The van der Waals surface area contributed by atoms with Gasteiger partial charge >= 0.3 is 20.6 Å². The minimum atomic E-state index is -4.22. The van der Waals surface area contributed by atoms with Gasteiger partial charge in [-0.15, -0.1) is 0 Å². The number of carbonyl (C=O) groups is 2. The van der Waals surface area contributed by atoms with Crippen LogP contribution >= 0.6 is 8.25 Å². The van der Waals surface area contributed by atoms with Gasteiger partial charge in [-0.3, -0.25) is 28.8 Å². The summed E-state index contributed by atoms with van der Waals surface area (Å²) in [5.74, 6) is -3.53. The first-order chi connectivity index (χ1) is 32.3. The number of nitrogens with two attached hydrogens (primary N) is 2. The molecule has 2 amide bonds. The van der Waals surface area contributed by atoms with Crippen molar-refractivity contribution in [2.75, 3.05) is 36.8 Å². The molecule has 0 unspecified atom stereocenters. The van der Waals surface area contributed by atoms with Crippen molar-refractivity contribution < 1.29 is 49.5 Å². The van der Waals surface area contributed by atoms with Gasteiger partial charge in [0.1, 0.15) is 22.6 Å². The molecule has 2 saturated heterocycles. The Kier molecular flexibility index (Phi) is 13.5. The summed E-state index contributed by atoms with van der Waals surface area (Å²) >= 11 is 0. The fourth-order valence-corrected chi connectivity index (χ4v) is 10.5. The fraction of sp³-hybridized carbons (Fsp3) is 0.500. The second-order valence-electron chi connectivity index (χ2n) is 18.1. The third kappa shape index (κ3) is 10.2. The number of anilines is 4. The maximum absolute atomic E-state index is 13.1. The number of amides is 2. The summed E-state index contributed by atoms with van der Waals surface area (Å²) in [6.07, 6.45) is -1.23. The van der Waals surface area contributed by atoms with E-state index < -0.39 is 55.3 Å². The lowest BCUT2D eigenvalue weighted by Gasteiger charge is -2.49. The zero-order chi connectivity index (χ0) is 48.6. The van der Waals surface area contributed by atoms with Gasteiger partial charge < -0.3 is 31.1 Å². The standard InChI is InChI=1S/C44H49F6N12O5P/c45-43(46,47)27-21-59(22-27)31-9-13-41(14-10-31,17-19-51)61-25-35(37(53)63)39(57-61)55-29-1-5-33(6-2-29)66-68(65)67-34-7-3-30(4-8-34)56-40-36(38(54)64)26-62(58-40)42(18-20-52)15-11-32(12-16-42)60-23-28(24-60)44(48,49)50/h1-8,25-28,31-32,68H,9-18,21-24H2,(H2,53,63)(H2,54,64)(H,55,57)(H,56,58). The highest BCUT2D eigenvalue weighted by atomic mass is 31.1. The number of primary amides is 2. The first-order valence-electron chi connectivity index (χ1n) is 22.1.